The Balaban J connectivity index is 1.48. The highest BCUT2D eigenvalue weighted by atomic mass is 15.3. The van der Waals surface area contributed by atoms with Crippen molar-refractivity contribution in [2.75, 3.05) is 36.8 Å². The van der Waals surface area contributed by atoms with Gasteiger partial charge in [-0.15, -0.1) is 10.2 Å². The van der Waals surface area contributed by atoms with Crippen molar-refractivity contribution in [2.24, 2.45) is 7.05 Å². The Labute approximate surface area is 160 Å². The molecule has 0 unspecified atom stereocenters. The number of piperidine rings is 2. The highest BCUT2D eigenvalue weighted by molar-refractivity contribution is 5.44. The fourth-order valence-corrected chi connectivity index (χ4v) is 4.32. The second kappa shape index (κ2) is 7.80. The Morgan fingerprint density at radius 1 is 1.07 bits per heavy atom. The van der Waals surface area contributed by atoms with Crippen LogP contribution in [0.15, 0.2) is 6.07 Å². The zero-order valence-electron chi connectivity index (χ0n) is 16.4. The van der Waals surface area contributed by atoms with Crippen LogP contribution in [-0.4, -0.2) is 55.8 Å². The molecule has 2 aliphatic rings. The third kappa shape index (κ3) is 4.05. The minimum absolute atomic E-state index is 0.342. The molecule has 0 bridgehead atoms. The number of hydrogen-bond donors (Lipinski definition) is 1. The lowest BCUT2D eigenvalue weighted by Crippen LogP contribution is -2.36. The first-order valence-corrected chi connectivity index (χ1v) is 10.1. The first-order chi connectivity index (χ1) is 13.1. The predicted molar refractivity (Wildman–Crippen MR) is 106 cm³/mol. The number of anilines is 2. The molecule has 0 aromatic carbocycles. The van der Waals surface area contributed by atoms with Crippen LogP contribution in [0.4, 0.5) is 11.8 Å². The number of aromatic nitrogens is 5. The molecule has 2 aromatic rings. The van der Waals surface area contributed by atoms with Gasteiger partial charge in [-0.05, 0) is 45.7 Å². The molecule has 0 amide bonds. The molecule has 0 aliphatic carbocycles. The number of aryl methyl sites for hydroxylation is 1. The largest absolute Gasteiger partial charge is 0.368 e. The van der Waals surface area contributed by atoms with Gasteiger partial charge in [0.05, 0.1) is 6.54 Å². The summed E-state index contributed by atoms with van der Waals surface area (Å²) in [7, 11) is 2.11. The number of likely N-dealkylation sites (tertiary alicyclic amines) is 1. The van der Waals surface area contributed by atoms with Crippen molar-refractivity contribution in [3.05, 3.63) is 23.4 Å². The fraction of sp³-hybridized carbons (Fsp3) is 0.684. The van der Waals surface area contributed by atoms with E-state index >= 15 is 0 Å². The number of nitrogens with zero attached hydrogens (tertiary/aromatic N) is 7. The van der Waals surface area contributed by atoms with Crippen molar-refractivity contribution in [2.45, 2.75) is 51.5 Å². The molecule has 0 spiro atoms. The lowest BCUT2D eigenvalue weighted by Gasteiger charge is -2.33. The molecule has 1 atom stereocenters. The number of nitrogens with two attached hydrogens (primary N) is 1. The molecular formula is C19H30N8. The van der Waals surface area contributed by atoms with Gasteiger partial charge in [-0.1, -0.05) is 6.42 Å². The maximum absolute atomic E-state index is 5.85. The van der Waals surface area contributed by atoms with Gasteiger partial charge in [0, 0.05) is 37.8 Å². The van der Waals surface area contributed by atoms with Crippen molar-refractivity contribution in [3.8, 4) is 0 Å². The monoisotopic (exact) mass is 370 g/mol. The van der Waals surface area contributed by atoms with Crippen molar-refractivity contribution in [3.63, 3.8) is 0 Å². The quantitative estimate of drug-likeness (QED) is 0.879. The molecule has 2 saturated heterocycles. The molecule has 2 fully saturated rings. The molecule has 2 aromatic heterocycles. The minimum atomic E-state index is 0.342. The number of hydrogen-bond acceptors (Lipinski definition) is 7. The molecule has 8 heteroatoms. The van der Waals surface area contributed by atoms with Gasteiger partial charge in [0.25, 0.3) is 0 Å². The summed E-state index contributed by atoms with van der Waals surface area (Å²) < 4.78 is 2.21. The number of rotatable bonds is 4. The zero-order valence-corrected chi connectivity index (χ0v) is 16.4. The molecule has 4 heterocycles. The second-order valence-electron chi connectivity index (χ2n) is 7.88. The normalized spacial score (nSPS) is 21.6. The zero-order chi connectivity index (χ0) is 18.8. The Hall–Kier alpha value is -2.22. The predicted octanol–water partition coefficient (Wildman–Crippen LogP) is 1.87. The second-order valence-corrected chi connectivity index (χ2v) is 7.88. The Morgan fingerprint density at radius 3 is 2.67 bits per heavy atom. The van der Waals surface area contributed by atoms with E-state index in [-0.39, 0.29) is 0 Å². The molecule has 27 heavy (non-hydrogen) atoms. The van der Waals surface area contributed by atoms with Crippen LogP contribution in [0.3, 0.4) is 0 Å². The van der Waals surface area contributed by atoms with E-state index in [9.17, 15) is 0 Å². The summed E-state index contributed by atoms with van der Waals surface area (Å²) in [6.45, 7) is 7.10. The molecule has 2 N–H and O–H groups in total. The van der Waals surface area contributed by atoms with Crippen LogP contribution < -0.4 is 10.6 Å². The highest BCUT2D eigenvalue weighted by Crippen LogP contribution is 2.29. The van der Waals surface area contributed by atoms with E-state index in [0.717, 1.165) is 55.6 Å². The molecule has 8 nitrogen and oxygen atoms in total. The summed E-state index contributed by atoms with van der Waals surface area (Å²) in [4.78, 5) is 13.4. The Kier molecular flexibility index (Phi) is 5.24. The standard InChI is InChI=1S/C19H30N8/c1-14-11-16(22-19(20)21-14)27-10-6-7-15(12-27)18-24-23-17(25(18)2)13-26-8-4-3-5-9-26/h11,15H,3-10,12-13H2,1-2H3,(H2,20,21,22)/t15-/m0/s1. The maximum atomic E-state index is 5.85. The van der Waals surface area contributed by atoms with Gasteiger partial charge < -0.3 is 15.2 Å². The van der Waals surface area contributed by atoms with Crippen molar-refractivity contribution in [1.82, 2.24) is 29.6 Å². The summed E-state index contributed by atoms with van der Waals surface area (Å²) in [5, 5.41) is 9.09. The molecule has 0 saturated carbocycles. The summed E-state index contributed by atoms with van der Waals surface area (Å²) in [5.74, 6) is 3.79. The lowest BCUT2D eigenvalue weighted by molar-refractivity contribution is 0.213. The van der Waals surface area contributed by atoms with E-state index in [1.807, 2.05) is 13.0 Å². The van der Waals surface area contributed by atoms with Crippen LogP contribution >= 0.6 is 0 Å². The van der Waals surface area contributed by atoms with E-state index in [1.54, 1.807) is 0 Å². The van der Waals surface area contributed by atoms with Gasteiger partial charge in [-0.3, -0.25) is 4.90 Å². The number of nitrogen functional groups attached to an aromatic ring is 1. The molecular weight excluding hydrogens is 340 g/mol. The van der Waals surface area contributed by atoms with Gasteiger partial charge in [0.2, 0.25) is 5.95 Å². The fourth-order valence-electron chi connectivity index (χ4n) is 4.32. The van der Waals surface area contributed by atoms with Crippen LogP contribution in [0.1, 0.15) is 55.4 Å². The van der Waals surface area contributed by atoms with Crippen molar-refractivity contribution >= 4 is 11.8 Å². The van der Waals surface area contributed by atoms with Crippen LogP contribution in [0.2, 0.25) is 0 Å². The van der Waals surface area contributed by atoms with E-state index in [0.29, 0.717) is 11.9 Å². The lowest BCUT2D eigenvalue weighted by atomic mass is 9.97. The Morgan fingerprint density at radius 2 is 1.89 bits per heavy atom. The summed E-state index contributed by atoms with van der Waals surface area (Å²) in [6.07, 6.45) is 6.19. The third-order valence-electron chi connectivity index (χ3n) is 5.78. The maximum Gasteiger partial charge on any atom is 0.222 e. The van der Waals surface area contributed by atoms with Crippen molar-refractivity contribution < 1.29 is 0 Å². The van der Waals surface area contributed by atoms with E-state index < -0.39 is 0 Å². The van der Waals surface area contributed by atoms with Crippen LogP contribution in [0.25, 0.3) is 0 Å². The first-order valence-electron chi connectivity index (χ1n) is 10.1. The summed E-state index contributed by atoms with van der Waals surface area (Å²) in [5.41, 5.74) is 6.75. The Bertz CT molecular complexity index is 760. The molecule has 0 radical (unpaired) electrons. The SMILES string of the molecule is Cc1cc(N2CCC[C@H](c3nnc(CN4CCCCC4)n3C)C2)nc(N)n1. The van der Waals surface area contributed by atoms with Gasteiger partial charge in [0.1, 0.15) is 17.5 Å². The van der Waals surface area contributed by atoms with E-state index in [4.69, 9.17) is 5.73 Å². The van der Waals surface area contributed by atoms with Crippen LogP contribution in [-0.2, 0) is 13.6 Å². The first kappa shape index (κ1) is 18.2. The average molecular weight is 371 g/mol. The van der Waals surface area contributed by atoms with Crippen LogP contribution in [0.5, 0.6) is 0 Å². The minimum Gasteiger partial charge on any atom is -0.368 e. The van der Waals surface area contributed by atoms with Gasteiger partial charge in [0.15, 0.2) is 0 Å². The third-order valence-corrected chi connectivity index (χ3v) is 5.78. The van der Waals surface area contributed by atoms with E-state index in [1.165, 1.54) is 32.4 Å². The van der Waals surface area contributed by atoms with Gasteiger partial charge in [-0.2, -0.15) is 4.98 Å². The van der Waals surface area contributed by atoms with Gasteiger partial charge >= 0.3 is 0 Å². The van der Waals surface area contributed by atoms with Crippen LogP contribution in [0, 0.1) is 6.92 Å². The molecule has 146 valence electrons. The average Bonchev–Trinajstić information content (AvgIpc) is 3.02. The smallest absolute Gasteiger partial charge is 0.222 e. The topological polar surface area (TPSA) is 89.0 Å². The summed E-state index contributed by atoms with van der Waals surface area (Å²) in [6, 6.07) is 2.01. The summed E-state index contributed by atoms with van der Waals surface area (Å²) >= 11 is 0. The molecule has 2 aliphatic heterocycles. The van der Waals surface area contributed by atoms with E-state index in [2.05, 4.69) is 41.6 Å². The molecule has 4 rings (SSSR count). The van der Waals surface area contributed by atoms with Gasteiger partial charge in [-0.25, -0.2) is 4.98 Å². The highest BCUT2D eigenvalue weighted by Gasteiger charge is 2.27. The van der Waals surface area contributed by atoms with Crippen molar-refractivity contribution in [1.29, 1.82) is 0 Å².